The monoisotopic (exact) mass is 339 g/mol. The standard InChI is InChI=1S/C8H3ClINO2S/c9-5-2-1-4-6(10)3-14-8(4)7(5)11(12)13/h1-3H. The molecule has 0 aliphatic carbocycles. The fourth-order valence-corrected chi connectivity index (χ4v) is 3.44. The second-order valence-electron chi connectivity index (χ2n) is 2.61. The van der Waals surface area contributed by atoms with Crippen LogP contribution in [0.25, 0.3) is 10.1 Å². The summed E-state index contributed by atoms with van der Waals surface area (Å²) in [4.78, 5) is 10.3. The van der Waals surface area contributed by atoms with Crippen molar-refractivity contribution >= 4 is 61.3 Å². The van der Waals surface area contributed by atoms with Gasteiger partial charge in [0, 0.05) is 14.3 Å². The van der Waals surface area contributed by atoms with Gasteiger partial charge in [-0.3, -0.25) is 10.1 Å². The Morgan fingerprint density at radius 1 is 1.50 bits per heavy atom. The van der Waals surface area contributed by atoms with Crippen molar-refractivity contribution in [2.45, 2.75) is 0 Å². The summed E-state index contributed by atoms with van der Waals surface area (Å²) in [6.07, 6.45) is 0. The molecule has 0 atom stereocenters. The van der Waals surface area contributed by atoms with Crippen molar-refractivity contribution in [3.63, 3.8) is 0 Å². The molecule has 2 rings (SSSR count). The number of hydrogen-bond donors (Lipinski definition) is 0. The normalized spacial score (nSPS) is 10.7. The lowest BCUT2D eigenvalue weighted by Gasteiger charge is -1.96. The van der Waals surface area contributed by atoms with Crippen LogP contribution in [0.4, 0.5) is 5.69 Å². The van der Waals surface area contributed by atoms with Crippen molar-refractivity contribution in [1.29, 1.82) is 0 Å². The molecular weight excluding hydrogens is 337 g/mol. The topological polar surface area (TPSA) is 43.1 Å². The Hall–Kier alpha value is -0.400. The zero-order chi connectivity index (χ0) is 10.3. The molecule has 3 nitrogen and oxygen atoms in total. The van der Waals surface area contributed by atoms with Crippen molar-refractivity contribution in [1.82, 2.24) is 0 Å². The van der Waals surface area contributed by atoms with Crippen LogP contribution in [0.15, 0.2) is 17.5 Å². The van der Waals surface area contributed by atoms with Crippen LogP contribution in [0.3, 0.4) is 0 Å². The Morgan fingerprint density at radius 2 is 2.21 bits per heavy atom. The van der Waals surface area contributed by atoms with Crippen LogP contribution in [-0.2, 0) is 0 Å². The second-order valence-corrected chi connectivity index (χ2v) is 5.06. The second kappa shape index (κ2) is 3.63. The molecule has 0 aliphatic rings. The van der Waals surface area contributed by atoms with Gasteiger partial charge >= 0.3 is 5.69 Å². The van der Waals surface area contributed by atoms with E-state index < -0.39 is 4.92 Å². The highest BCUT2D eigenvalue weighted by Gasteiger charge is 2.19. The Kier molecular flexibility index (Phi) is 2.63. The fourth-order valence-electron chi connectivity index (χ4n) is 1.20. The number of hydrogen-bond acceptors (Lipinski definition) is 3. The van der Waals surface area contributed by atoms with E-state index in [0.29, 0.717) is 4.70 Å². The zero-order valence-corrected chi connectivity index (χ0v) is 10.4. The first-order valence-corrected chi connectivity index (χ1v) is 5.94. The van der Waals surface area contributed by atoms with Crippen molar-refractivity contribution in [3.05, 3.63) is 36.2 Å². The summed E-state index contributed by atoms with van der Waals surface area (Å²) in [7, 11) is 0. The number of benzene rings is 1. The van der Waals surface area contributed by atoms with E-state index in [0.717, 1.165) is 8.96 Å². The summed E-state index contributed by atoms with van der Waals surface area (Å²) in [6, 6.07) is 3.37. The Labute approximate surface area is 102 Å². The van der Waals surface area contributed by atoms with Crippen molar-refractivity contribution in [2.24, 2.45) is 0 Å². The van der Waals surface area contributed by atoms with Gasteiger partial charge in [-0.15, -0.1) is 11.3 Å². The quantitative estimate of drug-likeness (QED) is 0.446. The van der Waals surface area contributed by atoms with Crippen LogP contribution in [0.5, 0.6) is 0 Å². The molecule has 1 heterocycles. The number of thiophene rings is 1. The van der Waals surface area contributed by atoms with Gasteiger partial charge in [0.1, 0.15) is 9.72 Å². The largest absolute Gasteiger partial charge is 0.305 e. The molecule has 1 aromatic heterocycles. The Bertz CT molecular complexity index is 525. The van der Waals surface area contributed by atoms with Gasteiger partial charge in [-0.2, -0.15) is 0 Å². The SMILES string of the molecule is O=[N+]([O-])c1c(Cl)ccc2c(I)csc12. The number of fused-ring (bicyclic) bond motifs is 1. The number of halogens is 2. The summed E-state index contributed by atoms with van der Waals surface area (Å²) >= 11 is 9.27. The van der Waals surface area contributed by atoms with Gasteiger partial charge in [0.05, 0.1) is 4.92 Å². The molecular formula is C8H3ClINO2S. The zero-order valence-electron chi connectivity index (χ0n) is 6.66. The lowest BCUT2D eigenvalue weighted by Crippen LogP contribution is -1.88. The van der Waals surface area contributed by atoms with Gasteiger partial charge in [-0.1, -0.05) is 17.7 Å². The van der Waals surface area contributed by atoms with Crippen LogP contribution >= 0.6 is 45.5 Å². The molecule has 0 radical (unpaired) electrons. The number of nitro benzene ring substituents is 1. The first-order valence-electron chi connectivity index (χ1n) is 3.61. The number of rotatable bonds is 1. The van der Waals surface area contributed by atoms with Gasteiger partial charge in [0.15, 0.2) is 0 Å². The molecule has 0 aliphatic heterocycles. The van der Waals surface area contributed by atoms with Crippen molar-refractivity contribution in [2.75, 3.05) is 0 Å². The van der Waals surface area contributed by atoms with Crippen LogP contribution < -0.4 is 0 Å². The predicted octanol–water partition coefficient (Wildman–Crippen LogP) is 4.07. The molecule has 0 saturated carbocycles. The molecule has 0 unspecified atom stereocenters. The van der Waals surface area contributed by atoms with Gasteiger partial charge in [0.2, 0.25) is 0 Å². The first kappa shape index (κ1) is 10.1. The maximum absolute atomic E-state index is 10.8. The maximum atomic E-state index is 10.8. The van der Waals surface area contributed by atoms with Crippen LogP contribution in [0.1, 0.15) is 0 Å². The molecule has 0 bridgehead atoms. The third kappa shape index (κ3) is 1.49. The maximum Gasteiger partial charge on any atom is 0.305 e. The fraction of sp³-hybridized carbons (Fsp3) is 0. The van der Waals surface area contributed by atoms with E-state index in [1.165, 1.54) is 11.3 Å². The van der Waals surface area contributed by atoms with Crippen LogP contribution in [-0.4, -0.2) is 4.92 Å². The molecule has 2 aromatic rings. The van der Waals surface area contributed by atoms with Crippen molar-refractivity contribution in [3.8, 4) is 0 Å². The molecule has 14 heavy (non-hydrogen) atoms. The molecule has 0 amide bonds. The van der Waals surface area contributed by atoms with E-state index in [9.17, 15) is 10.1 Å². The highest BCUT2D eigenvalue weighted by atomic mass is 127. The summed E-state index contributed by atoms with van der Waals surface area (Å²) < 4.78 is 1.66. The van der Waals surface area contributed by atoms with Gasteiger partial charge in [0.25, 0.3) is 0 Å². The molecule has 72 valence electrons. The van der Waals surface area contributed by atoms with Crippen LogP contribution in [0.2, 0.25) is 5.02 Å². The Balaban J connectivity index is 2.90. The summed E-state index contributed by atoms with van der Waals surface area (Å²) in [5.74, 6) is 0. The number of nitro groups is 1. The van der Waals surface area contributed by atoms with E-state index in [1.807, 2.05) is 11.4 Å². The third-order valence-corrected chi connectivity index (χ3v) is 4.43. The minimum atomic E-state index is -0.433. The van der Waals surface area contributed by atoms with E-state index in [1.54, 1.807) is 6.07 Å². The lowest BCUT2D eigenvalue weighted by atomic mass is 10.2. The van der Waals surface area contributed by atoms with E-state index in [4.69, 9.17) is 11.6 Å². The smallest absolute Gasteiger partial charge is 0.258 e. The van der Waals surface area contributed by atoms with Crippen LogP contribution in [0, 0.1) is 13.7 Å². The van der Waals surface area contributed by atoms with Gasteiger partial charge < -0.3 is 0 Å². The average Bonchev–Trinajstić information content (AvgIpc) is 2.47. The minimum Gasteiger partial charge on any atom is -0.258 e. The molecule has 1 aromatic carbocycles. The number of nitrogens with zero attached hydrogens (tertiary/aromatic N) is 1. The van der Waals surface area contributed by atoms with Crippen molar-refractivity contribution < 1.29 is 4.92 Å². The summed E-state index contributed by atoms with van der Waals surface area (Å²) in [5, 5.41) is 13.7. The summed E-state index contributed by atoms with van der Waals surface area (Å²) in [5.41, 5.74) is 0.0112. The first-order chi connectivity index (χ1) is 6.61. The predicted molar refractivity (Wildman–Crippen MR) is 66.2 cm³/mol. The highest BCUT2D eigenvalue weighted by Crippen LogP contribution is 2.38. The molecule has 6 heteroatoms. The van der Waals surface area contributed by atoms with E-state index >= 15 is 0 Å². The Morgan fingerprint density at radius 3 is 2.86 bits per heavy atom. The molecule has 0 N–H and O–H groups in total. The molecule has 0 fully saturated rings. The van der Waals surface area contributed by atoms with E-state index in [2.05, 4.69) is 22.6 Å². The minimum absolute atomic E-state index is 0.0112. The average molecular weight is 340 g/mol. The lowest BCUT2D eigenvalue weighted by molar-refractivity contribution is -0.382. The summed E-state index contributed by atoms with van der Waals surface area (Å²) in [6.45, 7) is 0. The van der Waals surface area contributed by atoms with Gasteiger partial charge in [-0.25, -0.2) is 0 Å². The third-order valence-electron chi connectivity index (χ3n) is 1.80. The van der Waals surface area contributed by atoms with E-state index in [-0.39, 0.29) is 10.7 Å². The highest BCUT2D eigenvalue weighted by molar-refractivity contribution is 14.1. The van der Waals surface area contributed by atoms with Gasteiger partial charge in [-0.05, 0) is 28.7 Å². The molecule has 0 saturated heterocycles. The molecule has 0 spiro atoms.